The van der Waals surface area contributed by atoms with Gasteiger partial charge >= 0.3 is 6.09 Å². The fourth-order valence-corrected chi connectivity index (χ4v) is 3.84. The standard InChI is InChI=1S/C22H25BrFN5O2/c1-22(2,3)31-21(30)28(4)16-7-9-29(10-8-16)18-13-26-20(23)19(27-18)14-5-6-15(12-25)17(24)11-14/h5-6,11,13,16H,7-10H2,1-4H3. The Morgan fingerprint density at radius 1 is 1.35 bits per heavy atom. The highest BCUT2D eigenvalue weighted by Crippen LogP contribution is 2.29. The van der Waals surface area contributed by atoms with Crippen molar-refractivity contribution >= 4 is 27.8 Å². The summed E-state index contributed by atoms with van der Waals surface area (Å²) in [6, 6.07) is 6.28. The molecule has 0 N–H and O–H groups in total. The van der Waals surface area contributed by atoms with E-state index in [-0.39, 0.29) is 17.7 Å². The van der Waals surface area contributed by atoms with Gasteiger partial charge in [-0.3, -0.25) is 0 Å². The maximum Gasteiger partial charge on any atom is 0.410 e. The van der Waals surface area contributed by atoms with Crippen LogP contribution in [-0.2, 0) is 4.74 Å². The van der Waals surface area contributed by atoms with Crippen molar-refractivity contribution in [2.75, 3.05) is 25.0 Å². The smallest absolute Gasteiger partial charge is 0.410 e. The molecule has 164 valence electrons. The molecule has 2 aromatic rings. The molecule has 0 unspecified atom stereocenters. The lowest BCUT2D eigenvalue weighted by Gasteiger charge is -2.37. The molecule has 3 rings (SSSR count). The number of aromatic nitrogens is 2. The first-order chi connectivity index (χ1) is 14.6. The van der Waals surface area contributed by atoms with Gasteiger partial charge in [-0.25, -0.2) is 19.2 Å². The van der Waals surface area contributed by atoms with Crippen LogP contribution in [0.15, 0.2) is 29.0 Å². The summed E-state index contributed by atoms with van der Waals surface area (Å²) in [5.74, 6) is 0.0893. The van der Waals surface area contributed by atoms with Crippen LogP contribution in [0.1, 0.15) is 39.2 Å². The molecule has 1 saturated heterocycles. The number of benzene rings is 1. The molecule has 0 bridgehead atoms. The average Bonchev–Trinajstić information content (AvgIpc) is 2.72. The largest absolute Gasteiger partial charge is 0.444 e. The summed E-state index contributed by atoms with van der Waals surface area (Å²) in [5, 5.41) is 8.93. The Morgan fingerprint density at radius 3 is 2.61 bits per heavy atom. The molecule has 31 heavy (non-hydrogen) atoms. The number of nitriles is 1. The third-order valence-electron chi connectivity index (χ3n) is 5.10. The molecule has 0 radical (unpaired) electrons. The Bertz CT molecular complexity index is 1010. The molecule has 0 atom stereocenters. The number of hydrogen-bond acceptors (Lipinski definition) is 6. The number of carbonyl (C=O) groups excluding carboxylic acids is 1. The average molecular weight is 490 g/mol. The molecular formula is C22H25BrFN5O2. The lowest BCUT2D eigenvalue weighted by atomic mass is 10.0. The van der Waals surface area contributed by atoms with Gasteiger partial charge in [0.1, 0.15) is 33.6 Å². The van der Waals surface area contributed by atoms with E-state index in [4.69, 9.17) is 10.00 Å². The Hall–Kier alpha value is -2.73. The maximum absolute atomic E-state index is 14.1. The van der Waals surface area contributed by atoms with Crippen molar-refractivity contribution < 1.29 is 13.9 Å². The van der Waals surface area contributed by atoms with E-state index in [0.717, 1.165) is 12.8 Å². The fraction of sp³-hybridized carbons (Fsp3) is 0.455. The van der Waals surface area contributed by atoms with Crippen LogP contribution in [0.2, 0.25) is 0 Å². The van der Waals surface area contributed by atoms with Gasteiger partial charge in [0.05, 0.1) is 11.8 Å². The Morgan fingerprint density at radius 2 is 2.03 bits per heavy atom. The van der Waals surface area contributed by atoms with Crippen molar-refractivity contribution in [1.82, 2.24) is 14.9 Å². The summed E-state index contributed by atoms with van der Waals surface area (Å²) in [6.45, 7) is 6.96. The third-order valence-corrected chi connectivity index (χ3v) is 5.68. The predicted molar refractivity (Wildman–Crippen MR) is 119 cm³/mol. The summed E-state index contributed by atoms with van der Waals surface area (Å²) in [5.41, 5.74) is 0.506. The summed E-state index contributed by atoms with van der Waals surface area (Å²) in [6.07, 6.45) is 2.90. The summed E-state index contributed by atoms with van der Waals surface area (Å²) >= 11 is 3.38. The predicted octanol–water partition coefficient (Wildman–Crippen LogP) is 4.75. The zero-order valence-electron chi connectivity index (χ0n) is 18.0. The highest BCUT2D eigenvalue weighted by atomic mass is 79.9. The van der Waals surface area contributed by atoms with E-state index in [0.29, 0.717) is 34.8 Å². The summed E-state index contributed by atoms with van der Waals surface area (Å²) in [7, 11) is 1.77. The normalized spacial score (nSPS) is 14.8. The molecular weight excluding hydrogens is 465 g/mol. The number of anilines is 1. The first-order valence-electron chi connectivity index (χ1n) is 10.0. The van der Waals surface area contributed by atoms with Crippen LogP contribution in [0.5, 0.6) is 0 Å². The van der Waals surface area contributed by atoms with Crippen molar-refractivity contribution in [2.45, 2.75) is 45.3 Å². The zero-order valence-corrected chi connectivity index (χ0v) is 19.6. The topological polar surface area (TPSA) is 82.4 Å². The summed E-state index contributed by atoms with van der Waals surface area (Å²) < 4.78 is 20.0. The van der Waals surface area contributed by atoms with Crippen LogP contribution in [0.3, 0.4) is 0 Å². The first-order valence-corrected chi connectivity index (χ1v) is 10.8. The van der Waals surface area contributed by atoms with Gasteiger partial charge < -0.3 is 14.5 Å². The van der Waals surface area contributed by atoms with E-state index in [1.807, 2.05) is 26.8 Å². The molecule has 0 spiro atoms. The molecule has 0 saturated carbocycles. The number of halogens is 2. The molecule has 0 aliphatic carbocycles. The Balaban J connectivity index is 1.71. The number of rotatable bonds is 3. The second-order valence-electron chi connectivity index (χ2n) is 8.48. The molecule has 9 heteroatoms. The molecule has 2 heterocycles. The van der Waals surface area contributed by atoms with Crippen LogP contribution >= 0.6 is 15.9 Å². The molecule has 1 aliphatic rings. The van der Waals surface area contributed by atoms with Gasteiger partial charge in [-0.2, -0.15) is 5.26 Å². The lowest BCUT2D eigenvalue weighted by Crippen LogP contribution is -2.47. The highest BCUT2D eigenvalue weighted by Gasteiger charge is 2.29. The number of piperidine rings is 1. The van der Waals surface area contributed by atoms with Gasteiger partial charge in [-0.05, 0) is 61.7 Å². The van der Waals surface area contributed by atoms with Crippen molar-refractivity contribution in [2.24, 2.45) is 0 Å². The van der Waals surface area contributed by atoms with E-state index < -0.39 is 11.4 Å². The number of carbonyl (C=O) groups is 1. The first kappa shape index (κ1) is 22.9. The monoisotopic (exact) mass is 489 g/mol. The van der Waals surface area contributed by atoms with Gasteiger partial charge in [-0.1, -0.05) is 6.07 Å². The minimum atomic E-state index is -0.593. The van der Waals surface area contributed by atoms with E-state index in [9.17, 15) is 9.18 Å². The van der Waals surface area contributed by atoms with Crippen molar-refractivity contribution in [3.63, 3.8) is 0 Å². The number of amides is 1. The molecule has 1 fully saturated rings. The van der Waals surface area contributed by atoms with E-state index >= 15 is 0 Å². The number of nitrogens with zero attached hydrogens (tertiary/aromatic N) is 5. The van der Waals surface area contributed by atoms with Crippen LogP contribution in [0.25, 0.3) is 11.3 Å². The Kier molecular flexibility index (Phi) is 6.80. The summed E-state index contributed by atoms with van der Waals surface area (Å²) in [4.78, 5) is 25.1. The molecule has 1 aromatic heterocycles. The maximum atomic E-state index is 14.1. The second-order valence-corrected chi connectivity index (χ2v) is 9.23. The van der Waals surface area contributed by atoms with E-state index in [1.165, 1.54) is 12.1 Å². The molecule has 1 aliphatic heterocycles. The minimum Gasteiger partial charge on any atom is -0.444 e. The van der Waals surface area contributed by atoms with Crippen LogP contribution in [-0.4, -0.2) is 52.7 Å². The number of ether oxygens (including phenoxy) is 1. The van der Waals surface area contributed by atoms with E-state index in [1.54, 1.807) is 24.2 Å². The van der Waals surface area contributed by atoms with Crippen molar-refractivity contribution in [1.29, 1.82) is 5.26 Å². The molecule has 1 amide bonds. The Labute approximate surface area is 190 Å². The highest BCUT2D eigenvalue weighted by molar-refractivity contribution is 9.10. The third kappa shape index (κ3) is 5.50. The van der Waals surface area contributed by atoms with Gasteiger partial charge in [0, 0.05) is 31.7 Å². The van der Waals surface area contributed by atoms with Gasteiger partial charge in [-0.15, -0.1) is 0 Å². The molecule has 7 nitrogen and oxygen atoms in total. The van der Waals surface area contributed by atoms with Gasteiger partial charge in [0.15, 0.2) is 0 Å². The fourth-order valence-electron chi connectivity index (χ4n) is 3.42. The van der Waals surface area contributed by atoms with Crippen LogP contribution in [0.4, 0.5) is 15.0 Å². The quantitative estimate of drug-likeness (QED) is 0.618. The zero-order chi connectivity index (χ0) is 22.8. The second kappa shape index (κ2) is 9.18. The SMILES string of the molecule is CN(C(=O)OC(C)(C)C)C1CCN(c2cnc(Br)c(-c3ccc(C#N)c(F)c3)n2)CC1. The number of hydrogen-bond donors (Lipinski definition) is 0. The minimum absolute atomic E-state index is 0.0137. The van der Waals surface area contributed by atoms with Gasteiger partial charge in [0.2, 0.25) is 0 Å². The van der Waals surface area contributed by atoms with Crippen LogP contribution in [0, 0.1) is 17.1 Å². The van der Waals surface area contributed by atoms with Crippen molar-refractivity contribution in [3.05, 3.63) is 40.4 Å². The van der Waals surface area contributed by atoms with E-state index in [2.05, 4.69) is 30.8 Å². The molecule has 1 aromatic carbocycles. The van der Waals surface area contributed by atoms with Crippen LogP contribution < -0.4 is 4.90 Å². The van der Waals surface area contributed by atoms with Gasteiger partial charge in [0.25, 0.3) is 0 Å². The van der Waals surface area contributed by atoms with Crippen molar-refractivity contribution in [3.8, 4) is 17.3 Å². The lowest BCUT2D eigenvalue weighted by molar-refractivity contribution is 0.0201.